The van der Waals surface area contributed by atoms with Gasteiger partial charge < -0.3 is 11.1 Å². The Labute approximate surface area is 126 Å². The highest BCUT2D eigenvalue weighted by Gasteiger charge is 2.33. The van der Waals surface area contributed by atoms with Crippen LogP contribution in [0.3, 0.4) is 0 Å². The van der Waals surface area contributed by atoms with Gasteiger partial charge in [0.05, 0.1) is 0 Å². The monoisotopic (exact) mass is 321 g/mol. The minimum absolute atomic E-state index is 0.188. The van der Waals surface area contributed by atoms with Gasteiger partial charge in [-0.3, -0.25) is 4.79 Å². The van der Waals surface area contributed by atoms with E-state index in [1.54, 1.807) is 19.1 Å². The number of alkyl halides is 3. The third-order valence-corrected chi connectivity index (χ3v) is 2.89. The lowest BCUT2D eigenvalue weighted by Gasteiger charge is -2.22. The maximum absolute atomic E-state index is 11.4. The summed E-state index contributed by atoms with van der Waals surface area (Å²) in [5.74, 6) is -0.0886. The molecule has 1 amide bonds. The predicted molar refractivity (Wildman–Crippen MR) is 79.7 cm³/mol. The fourth-order valence-electron chi connectivity index (χ4n) is 1.26. The van der Waals surface area contributed by atoms with Gasteiger partial charge >= 0.3 is 0 Å². The highest BCUT2D eigenvalue weighted by atomic mass is 35.6. The summed E-state index contributed by atoms with van der Waals surface area (Å²) in [6.07, 6.45) is -0.775. The number of halogens is 3. The van der Waals surface area contributed by atoms with Gasteiger partial charge in [0.1, 0.15) is 5.84 Å². The lowest BCUT2D eigenvalue weighted by molar-refractivity contribution is -0.121. The number of nitrogens with one attached hydrogen (secondary N) is 1. The van der Waals surface area contributed by atoms with Crippen molar-refractivity contribution in [1.29, 1.82) is 0 Å². The van der Waals surface area contributed by atoms with Gasteiger partial charge in [0.2, 0.25) is 9.70 Å². The zero-order valence-electron chi connectivity index (χ0n) is 10.2. The SMILES string of the molecule is CCC(=O)NC(/N=C(\N)c1ccccc1)C(Cl)(Cl)Cl. The van der Waals surface area contributed by atoms with Crippen LogP contribution in [0.4, 0.5) is 0 Å². The van der Waals surface area contributed by atoms with Crippen molar-refractivity contribution in [2.75, 3.05) is 0 Å². The second kappa shape index (κ2) is 6.98. The van der Waals surface area contributed by atoms with E-state index >= 15 is 0 Å². The zero-order valence-corrected chi connectivity index (χ0v) is 12.5. The maximum atomic E-state index is 11.4. The van der Waals surface area contributed by atoms with Gasteiger partial charge in [-0.1, -0.05) is 72.1 Å². The van der Waals surface area contributed by atoms with Crippen LogP contribution in [0.15, 0.2) is 35.3 Å². The molecule has 0 radical (unpaired) electrons. The number of rotatable bonds is 4. The molecule has 0 bridgehead atoms. The molecule has 0 aliphatic carbocycles. The topological polar surface area (TPSA) is 67.5 Å². The van der Waals surface area contributed by atoms with Crippen molar-refractivity contribution in [3.63, 3.8) is 0 Å². The maximum Gasteiger partial charge on any atom is 0.230 e. The summed E-state index contributed by atoms with van der Waals surface area (Å²) in [7, 11) is 0. The smallest absolute Gasteiger partial charge is 0.230 e. The molecular weight excluding hydrogens is 309 g/mol. The van der Waals surface area contributed by atoms with E-state index < -0.39 is 9.96 Å². The van der Waals surface area contributed by atoms with Crippen LogP contribution >= 0.6 is 34.8 Å². The number of hydrogen-bond donors (Lipinski definition) is 2. The van der Waals surface area contributed by atoms with Gasteiger partial charge in [-0.05, 0) is 0 Å². The number of amides is 1. The van der Waals surface area contributed by atoms with E-state index in [1.807, 2.05) is 18.2 Å². The zero-order chi connectivity index (χ0) is 14.5. The molecule has 0 heterocycles. The van der Waals surface area contributed by atoms with Gasteiger partial charge in [0.25, 0.3) is 0 Å². The van der Waals surface area contributed by atoms with E-state index in [-0.39, 0.29) is 18.2 Å². The lowest BCUT2D eigenvalue weighted by atomic mass is 10.2. The van der Waals surface area contributed by atoms with Gasteiger partial charge in [-0.15, -0.1) is 0 Å². The first-order valence-corrected chi connectivity index (χ1v) is 6.72. The Bertz CT molecular complexity index is 457. The molecule has 4 nitrogen and oxygen atoms in total. The van der Waals surface area contributed by atoms with Crippen molar-refractivity contribution in [1.82, 2.24) is 5.32 Å². The van der Waals surface area contributed by atoms with Crippen molar-refractivity contribution in [3.05, 3.63) is 35.9 Å². The van der Waals surface area contributed by atoms with Gasteiger partial charge in [-0.25, -0.2) is 4.99 Å². The number of nitrogens with two attached hydrogens (primary N) is 1. The number of aliphatic imine (C=N–C) groups is 1. The molecule has 3 N–H and O–H groups in total. The van der Waals surface area contributed by atoms with Gasteiger partial charge in [-0.2, -0.15) is 0 Å². The van der Waals surface area contributed by atoms with Crippen molar-refractivity contribution >= 4 is 46.5 Å². The Hall–Kier alpha value is -0.970. The molecular formula is C12H14Cl3N3O. The number of carbonyl (C=O) groups is 1. The Morgan fingerprint density at radius 2 is 1.95 bits per heavy atom. The van der Waals surface area contributed by atoms with E-state index in [2.05, 4.69) is 10.3 Å². The fourth-order valence-corrected chi connectivity index (χ4v) is 1.57. The molecule has 0 fully saturated rings. The van der Waals surface area contributed by atoms with Crippen molar-refractivity contribution in [3.8, 4) is 0 Å². The summed E-state index contributed by atoms with van der Waals surface area (Å²) in [6.45, 7) is 1.69. The molecule has 7 heteroatoms. The minimum Gasteiger partial charge on any atom is -0.383 e. The molecule has 0 aliphatic rings. The van der Waals surface area contributed by atoms with Crippen LogP contribution in [0.2, 0.25) is 0 Å². The first-order chi connectivity index (χ1) is 8.84. The summed E-state index contributed by atoms with van der Waals surface area (Å²) in [6, 6.07) is 9.02. The van der Waals surface area contributed by atoms with Crippen LogP contribution in [-0.4, -0.2) is 21.7 Å². The molecule has 19 heavy (non-hydrogen) atoms. The van der Waals surface area contributed by atoms with Crippen LogP contribution in [-0.2, 0) is 4.79 Å². The Balaban J connectivity index is 2.97. The molecule has 1 rings (SSSR count). The van der Waals surface area contributed by atoms with Crippen LogP contribution in [0, 0.1) is 0 Å². The van der Waals surface area contributed by atoms with Crippen LogP contribution in [0.25, 0.3) is 0 Å². The molecule has 1 unspecified atom stereocenters. The quantitative estimate of drug-likeness (QED) is 0.508. The Morgan fingerprint density at radius 1 is 1.37 bits per heavy atom. The summed E-state index contributed by atoms with van der Waals surface area (Å²) < 4.78 is -1.77. The van der Waals surface area contributed by atoms with E-state index in [9.17, 15) is 4.79 Å². The number of hydrogen-bond acceptors (Lipinski definition) is 2. The molecule has 104 valence electrons. The third-order valence-electron chi connectivity index (χ3n) is 2.27. The normalized spacial score (nSPS) is 14.0. The largest absolute Gasteiger partial charge is 0.383 e. The molecule has 0 saturated carbocycles. The van der Waals surface area contributed by atoms with E-state index in [1.165, 1.54) is 0 Å². The average molecular weight is 323 g/mol. The van der Waals surface area contributed by atoms with Crippen LogP contribution in [0.1, 0.15) is 18.9 Å². The molecule has 0 saturated heterocycles. The molecule has 0 spiro atoms. The van der Waals surface area contributed by atoms with Gasteiger partial charge in [0, 0.05) is 12.0 Å². The molecule has 1 atom stereocenters. The van der Waals surface area contributed by atoms with Crippen molar-refractivity contribution < 1.29 is 4.79 Å². The highest BCUT2D eigenvalue weighted by molar-refractivity contribution is 6.68. The number of nitrogens with zero attached hydrogens (tertiary/aromatic N) is 1. The molecule has 1 aromatic rings. The van der Waals surface area contributed by atoms with Crippen LogP contribution in [0.5, 0.6) is 0 Å². The number of carbonyl (C=O) groups excluding carboxylic acids is 1. The second-order valence-electron chi connectivity index (χ2n) is 3.75. The van der Waals surface area contributed by atoms with E-state index in [4.69, 9.17) is 40.5 Å². The summed E-state index contributed by atoms with van der Waals surface area (Å²) >= 11 is 17.4. The molecule has 0 aromatic heterocycles. The Morgan fingerprint density at radius 3 is 2.42 bits per heavy atom. The second-order valence-corrected chi connectivity index (χ2v) is 6.11. The Kier molecular flexibility index (Phi) is 5.91. The lowest BCUT2D eigenvalue weighted by Crippen LogP contribution is -2.43. The summed E-state index contributed by atoms with van der Waals surface area (Å²) in [5, 5.41) is 2.51. The average Bonchev–Trinajstić information content (AvgIpc) is 2.37. The number of benzene rings is 1. The molecule has 1 aromatic carbocycles. The van der Waals surface area contributed by atoms with Crippen molar-refractivity contribution in [2.45, 2.75) is 23.3 Å². The third kappa shape index (κ3) is 5.27. The van der Waals surface area contributed by atoms with E-state index in [0.717, 1.165) is 0 Å². The fraction of sp³-hybridized carbons (Fsp3) is 0.333. The molecule has 0 aliphatic heterocycles. The summed E-state index contributed by atoms with van der Waals surface area (Å²) in [5.41, 5.74) is 6.52. The highest BCUT2D eigenvalue weighted by Crippen LogP contribution is 2.31. The van der Waals surface area contributed by atoms with Crippen LogP contribution < -0.4 is 11.1 Å². The van der Waals surface area contributed by atoms with Crippen molar-refractivity contribution in [2.24, 2.45) is 10.7 Å². The van der Waals surface area contributed by atoms with E-state index in [0.29, 0.717) is 5.56 Å². The summed E-state index contributed by atoms with van der Waals surface area (Å²) in [4.78, 5) is 15.5. The predicted octanol–water partition coefficient (Wildman–Crippen LogP) is 2.61. The van der Waals surface area contributed by atoms with Gasteiger partial charge in [0.15, 0.2) is 6.17 Å². The minimum atomic E-state index is -1.77. The number of amidine groups is 1. The first-order valence-electron chi connectivity index (χ1n) is 5.59. The standard InChI is InChI=1S/C12H14Cl3N3O/c1-2-9(19)17-11(12(13,14)15)18-10(16)8-6-4-3-5-7-8/h3-7,11H,2H2,1H3,(H2,16,18)(H,17,19). The first kappa shape index (κ1) is 16.1.